The molecule has 0 bridgehead atoms. The van der Waals surface area contributed by atoms with Gasteiger partial charge in [-0.1, -0.05) is 0 Å². The Kier molecular flexibility index (Phi) is 4.09. The average molecular weight is 329 g/mol. The lowest BCUT2D eigenvalue weighted by atomic mass is 10.1. The van der Waals surface area contributed by atoms with Gasteiger partial charge < -0.3 is 14.4 Å². The van der Waals surface area contributed by atoms with Crippen LogP contribution in [-0.2, 0) is 0 Å². The summed E-state index contributed by atoms with van der Waals surface area (Å²) in [6.45, 7) is 2.09. The first-order chi connectivity index (χ1) is 11.0. The maximum atomic E-state index is 5.38. The molecule has 23 heavy (non-hydrogen) atoms. The van der Waals surface area contributed by atoms with E-state index in [-0.39, 0.29) is 0 Å². The number of fused-ring (bicyclic) bond motifs is 1. The molecule has 0 aliphatic carbocycles. The van der Waals surface area contributed by atoms with Crippen LogP contribution in [0.25, 0.3) is 21.6 Å². The van der Waals surface area contributed by atoms with Crippen molar-refractivity contribution in [1.29, 1.82) is 0 Å². The second-order valence-electron chi connectivity index (χ2n) is 5.43. The number of anilines is 1. The molecular weight excluding hydrogens is 310 g/mol. The second kappa shape index (κ2) is 6.04. The van der Waals surface area contributed by atoms with Crippen LogP contribution in [0.3, 0.4) is 0 Å². The Labute approximate surface area is 139 Å². The minimum Gasteiger partial charge on any atom is -0.493 e. The van der Waals surface area contributed by atoms with Gasteiger partial charge in [-0.3, -0.25) is 0 Å². The molecule has 0 aliphatic rings. The molecule has 0 saturated heterocycles. The first-order valence-corrected chi connectivity index (χ1v) is 8.08. The Morgan fingerprint density at radius 3 is 2.43 bits per heavy atom. The predicted octanol–water partition coefficient (Wildman–Crippen LogP) is 3.75. The summed E-state index contributed by atoms with van der Waals surface area (Å²) in [6.07, 6.45) is 0. The van der Waals surface area contributed by atoms with Crippen molar-refractivity contribution in [3.8, 4) is 22.9 Å². The highest BCUT2D eigenvalue weighted by molar-refractivity contribution is 7.17. The summed E-state index contributed by atoms with van der Waals surface area (Å²) >= 11 is 1.64. The fraction of sp³-hybridized carbons (Fsp3) is 0.294. The molecule has 6 heteroatoms. The van der Waals surface area contributed by atoms with Crippen LogP contribution in [0, 0.1) is 6.92 Å². The van der Waals surface area contributed by atoms with Crippen molar-refractivity contribution >= 4 is 27.4 Å². The van der Waals surface area contributed by atoms with Gasteiger partial charge in [0.1, 0.15) is 10.6 Å². The molecule has 0 aliphatic heterocycles. The van der Waals surface area contributed by atoms with E-state index in [0.717, 1.165) is 21.6 Å². The molecule has 2 heterocycles. The lowest BCUT2D eigenvalue weighted by Gasteiger charge is -2.15. The number of benzene rings is 1. The van der Waals surface area contributed by atoms with Crippen LogP contribution in [0.1, 0.15) is 5.56 Å². The minimum atomic E-state index is 0.669. The molecule has 0 spiro atoms. The number of hydrogen-bond acceptors (Lipinski definition) is 6. The van der Waals surface area contributed by atoms with Gasteiger partial charge in [0.25, 0.3) is 0 Å². The smallest absolute Gasteiger partial charge is 0.163 e. The quantitative estimate of drug-likeness (QED) is 0.729. The van der Waals surface area contributed by atoms with Crippen LogP contribution in [0.4, 0.5) is 5.82 Å². The fourth-order valence-electron chi connectivity index (χ4n) is 2.49. The Morgan fingerprint density at radius 1 is 1.04 bits per heavy atom. The van der Waals surface area contributed by atoms with E-state index in [1.807, 2.05) is 37.2 Å². The van der Waals surface area contributed by atoms with E-state index in [2.05, 4.69) is 12.3 Å². The Bertz CT molecular complexity index is 858. The number of hydrogen-bond donors (Lipinski definition) is 0. The first kappa shape index (κ1) is 15.6. The molecule has 0 atom stereocenters. The highest BCUT2D eigenvalue weighted by atomic mass is 32.1. The van der Waals surface area contributed by atoms with Gasteiger partial charge in [-0.25, -0.2) is 9.97 Å². The highest BCUT2D eigenvalue weighted by Gasteiger charge is 2.15. The molecule has 0 unspecified atom stereocenters. The third-order valence-electron chi connectivity index (χ3n) is 3.66. The van der Waals surface area contributed by atoms with Gasteiger partial charge in [0.2, 0.25) is 0 Å². The number of aryl methyl sites for hydroxylation is 1. The SMILES string of the molecule is COc1ccc(-c2nc(N(C)C)c3c(C)csc3n2)cc1OC. The average Bonchev–Trinajstić information content (AvgIpc) is 2.94. The molecule has 0 fully saturated rings. The molecule has 0 amide bonds. The highest BCUT2D eigenvalue weighted by Crippen LogP contribution is 2.35. The Balaban J connectivity index is 2.20. The minimum absolute atomic E-state index is 0.669. The maximum Gasteiger partial charge on any atom is 0.163 e. The van der Waals surface area contributed by atoms with Crippen molar-refractivity contribution in [1.82, 2.24) is 9.97 Å². The predicted molar refractivity (Wildman–Crippen MR) is 95.0 cm³/mol. The molecule has 1 aromatic carbocycles. The third kappa shape index (κ3) is 2.70. The van der Waals surface area contributed by atoms with Gasteiger partial charge in [-0.05, 0) is 36.1 Å². The molecule has 3 rings (SSSR count). The molecule has 3 aromatic rings. The van der Waals surface area contributed by atoms with Crippen molar-refractivity contribution in [3.05, 3.63) is 29.1 Å². The number of ether oxygens (including phenoxy) is 2. The summed E-state index contributed by atoms with van der Waals surface area (Å²) in [4.78, 5) is 12.5. The van der Waals surface area contributed by atoms with E-state index in [1.165, 1.54) is 5.56 Å². The zero-order valence-corrected chi connectivity index (χ0v) is 14.7. The summed E-state index contributed by atoms with van der Waals surface area (Å²) in [7, 11) is 7.24. The number of methoxy groups -OCH3 is 2. The number of aromatic nitrogens is 2. The van der Waals surface area contributed by atoms with E-state index in [1.54, 1.807) is 25.6 Å². The molecule has 120 valence electrons. The molecule has 0 N–H and O–H groups in total. The van der Waals surface area contributed by atoms with Gasteiger partial charge in [0, 0.05) is 19.7 Å². The monoisotopic (exact) mass is 329 g/mol. The van der Waals surface area contributed by atoms with E-state index < -0.39 is 0 Å². The van der Waals surface area contributed by atoms with Crippen molar-refractivity contribution in [2.45, 2.75) is 6.92 Å². The van der Waals surface area contributed by atoms with Crippen LogP contribution < -0.4 is 14.4 Å². The third-order valence-corrected chi connectivity index (χ3v) is 4.65. The number of thiophene rings is 1. The van der Waals surface area contributed by atoms with Crippen LogP contribution >= 0.6 is 11.3 Å². The van der Waals surface area contributed by atoms with Gasteiger partial charge in [0.05, 0.1) is 19.6 Å². The zero-order valence-electron chi connectivity index (χ0n) is 13.9. The van der Waals surface area contributed by atoms with E-state index in [4.69, 9.17) is 19.4 Å². The van der Waals surface area contributed by atoms with Crippen LogP contribution in [0.2, 0.25) is 0 Å². The first-order valence-electron chi connectivity index (χ1n) is 7.20. The van der Waals surface area contributed by atoms with E-state index in [9.17, 15) is 0 Å². The summed E-state index contributed by atoms with van der Waals surface area (Å²) in [5, 5.41) is 3.23. The Morgan fingerprint density at radius 2 is 1.78 bits per heavy atom. The second-order valence-corrected chi connectivity index (χ2v) is 6.29. The standard InChI is InChI=1S/C17H19N3O2S/c1-10-9-23-17-14(10)16(20(2)3)18-15(19-17)11-6-7-12(21-4)13(8-11)22-5/h6-9H,1-5H3. The summed E-state index contributed by atoms with van der Waals surface area (Å²) < 4.78 is 10.7. The molecule has 2 aromatic heterocycles. The van der Waals surface area contributed by atoms with Gasteiger partial charge >= 0.3 is 0 Å². The van der Waals surface area contributed by atoms with Crippen molar-refractivity contribution in [3.63, 3.8) is 0 Å². The molecule has 0 saturated carbocycles. The van der Waals surface area contributed by atoms with E-state index in [0.29, 0.717) is 17.3 Å². The van der Waals surface area contributed by atoms with Crippen molar-refractivity contribution < 1.29 is 9.47 Å². The topological polar surface area (TPSA) is 47.5 Å². The van der Waals surface area contributed by atoms with E-state index >= 15 is 0 Å². The molecule has 0 radical (unpaired) electrons. The summed E-state index contributed by atoms with van der Waals surface area (Å²) in [5.74, 6) is 2.97. The maximum absolute atomic E-state index is 5.38. The van der Waals surface area contributed by atoms with Gasteiger partial charge in [-0.15, -0.1) is 11.3 Å². The van der Waals surface area contributed by atoms with Crippen molar-refractivity contribution in [2.24, 2.45) is 0 Å². The Hall–Kier alpha value is -2.34. The van der Waals surface area contributed by atoms with Crippen LogP contribution in [-0.4, -0.2) is 38.3 Å². The van der Waals surface area contributed by atoms with Gasteiger partial charge in [-0.2, -0.15) is 0 Å². The van der Waals surface area contributed by atoms with Crippen LogP contribution in [0.5, 0.6) is 11.5 Å². The summed E-state index contributed by atoms with van der Waals surface area (Å²) in [6, 6.07) is 5.72. The number of rotatable bonds is 4. The largest absolute Gasteiger partial charge is 0.493 e. The fourth-order valence-corrected chi connectivity index (χ4v) is 3.41. The molecular formula is C17H19N3O2S. The van der Waals surface area contributed by atoms with Gasteiger partial charge in [0.15, 0.2) is 17.3 Å². The lowest BCUT2D eigenvalue weighted by molar-refractivity contribution is 0.355. The van der Waals surface area contributed by atoms with Crippen LogP contribution in [0.15, 0.2) is 23.6 Å². The summed E-state index contributed by atoms with van der Waals surface area (Å²) in [5.41, 5.74) is 2.10. The lowest BCUT2D eigenvalue weighted by Crippen LogP contribution is -2.12. The zero-order chi connectivity index (χ0) is 16.6. The molecule has 5 nitrogen and oxygen atoms in total. The normalized spacial score (nSPS) is 10.8. The van der Waals surface area contributed by atoms with Crippen molar-refractivity contribution in [2.75, 3.05) is 33.2 Å². The number of nitrogens with zero attached hydrogens (tertiary/aromatic N) is 3.